The molecule has 0 spiro atoms. The van der Waals surface area contributed by atoms with Crippen LogP contribution in [0.15, 0.2) is 18.2 Å². The molecule has 106 valence electrons. The lowest BCUT2D eigenvalue weighted by atomic mass is 10.2. The van der Waals surface area contributed by atoms with E-state index in [-0.39, 0.29) is 32.0 Å². The van der Waals surface area contributed by atoms with Gasteiger partial charge in [-0.25, -0.2) is 8.78 Å². The molecule has 0 unspecified atom stereocenters. The normalized spacial score (nSPS) is 9.42. The van der Waals surface area contributed by atoms with Crippen molar-refractivity contribution in [3.8, 4) is 0 Å². The molecular weight excluding hydrogens is 280 g/mol. The zero-order chi connectivity index (χ0) is 13.5. The topological polar surface area (TPSA) is 84.2 Å². The second-order valence-electron chi connectivity index (χ2n) is 3.51. The number of amides is 2. The SMILES string of the molecule is Cl.NCC(=O)NCC(=O)NCc1ccc(F)c(F)c1. The Bertz CT molecular complexity index is 458. The van der Waals surface area contributed by atoms with Gasteiger partial charge >= 0.3 is 0 Å². The number of nitrogens with two attached hydrogens (primary N) is 1. The highest BCUT2D eigenvalue weighted by atomic mass is 35.5. The van der Waals surface area contributed by atoms with Crippen LogP contribution in [-0.4, -0.2) is 24.9 Å². The lowest BCUT2D eigenvalue weighted by Crippen LogP contribution is -2.39. The molecule has 0 aromatic heterocycles. The largest absolute Gasteiger partial charge is 0.350 e. The smallest absolute Gasteiger partial charge is 0.239 e. The van der Waals surface area contributed by atoms with Gasteiger partial charge in [-0.2, -0.15) is 0 Å². The molecule has 0 fully saturated rings. The molecular formula is C11H14ClF2N3O2. The quantitative estimate of drug-likeness (QED) is 0.719. The van der Waals surface area contributed by atoms with Crippen LogP contribution in [0.1, 0.15) is 5.56 Å². The highest BCUT2D eigenvalue weighted by Crippen LogP contribution is 2.08. The Balaban J connectivity index is 0.00000324. The molecule has 0 atom stereocenters. The Hall–Kier alpha value is -1.73. The monoisotopic (exact) mass is 293 g/mol. The van der Waals surface area contributed by atoms with Gasteiger partial charge in [0.25, 0.3) is 0 Å². The Morgan fingerprint density at radius 1 is 1.11 bits per heavy atom. The molecule has 1 rings (SSSR count). The summed E-state index contributed by atoms with van der Waals surface area (Å²) in [6.07, 6.45) is 0. The van der Waals surface area contributed by atoms with Crippen molar-refractivity contribution in [1.29, 1.82) is 0 Å². The Morgan fingerprint density at radius 3 is 2.37 bits per heavy atom. The lowest BCUT2D eigenvalue weighted by Gasteiger charge is -2.06. The van der Waals surface area contributed by atoms with E-state index in [0.717, 1.165) is 12.1 Å². The molecule has 0 aliphatic rings. The number of hydrogen-bond donors (Lipinski definition) is 3. The van der Waals surface area contributed by atoms with E-state index in [2.05, 4.69) is 10.6 Å². The van der Waals surface area contributed by atoms with Crippen molar-refractivity contribution >= 4 is 24.2 Å². The predicted molar refractivity (Wildman–Crippen MR) is 67.5 cm³/mol. The number of rotatable bonds is 5. The van der Waals surface area contributed by atoms with Crippen molar-refractivity contribution in [2.24, 2.45) is 5.73 Å². The van der Waals surface area contributed by atoms with Crippen molar-refractivity contribution in [1.82, 2.24) is 10.6 Å². The molecule has 0 radical (unpaired) electrons. The number of nitrogens with one attached hydrogen (secondary N) is 2. The van der Waals surface area contributed by atoms with Crippen LogP contribution in [0.4, 0.5) is 8.78 Å². The third-order valence-corrected chi connectivity index (χ3v) is 2.11. The van der Waals surface area contributed by atoms with Gasteiger partial charge in [0.15, 0.2) is 11.6 Å². The first-order chi connectivity index (χ1) is 8.52. The molecule has 0 heterocycles. The Kier molecular flexibility index (Phi) is 7.62. The van der Waals surface area contributed by atoms with Crippen molar-refractivity contribution in [2.45, 2.75) is 6.54 Å². The summed E-state index contributed by atoms with van der Waals surface area (Å²) < 4.78 is 25.5. The van der Waals surface area contributed by atoms with Gasteiger partial charge < -0.3 is 16.4 Å². The zero-order valence-corrected chi connectivity index (χ0v) is 10.7. The molecule has 19 heavy (non-hydrogen) atoms. The van der Waals surface area contributed by atoms with Gasteiger partial charge in [-0.15, -0.1) is 12.4 Å². The van der Waals surface area contributed by atoms with Gasteiger partial charge in [0.2, 0.25) is 11.8 Å². The van der Waals surface area contributed by atoms with E-state index in [1.807, 2.05) is 0 Å². The molecule has 0 saturated carbocycles. The second-order valence-corrected chi connectivity index (χ2v) is 3.51. The highest BCUT2D eigenvalue weighted by Gasteiger charge is 2.05. The van der Waals surface area contributed by atoms with E-state index < -0.39 is 23.4 Å². The summed E-state index contributed by atoms with van der Waals surface area (Å²) in [5, 5.41) is 4.72. The maximum absolute atomic E-state index is 12.8. The van der Waals surface area contributed by atoms with Crippen LogP contribution in [0.5, 0.6) is 0 Å². The summed E-state index contributed by atoms with van der Waals surface area (Å²) in [7, 11) is 0. The van der Waals surface area contributed by atoms with Crippen molar-refractivity contribution in [3.05, 3.63) is 35.4 Å². The third kappa shape index (κ3) is 6.12. The number of hydrogen-bond acceptors (Lipinski definition) is 3. The standard InChI is InChI=1S/C11H13F2N3O2.ClH/c12-8-2-1-7(3-9(8)13)5-15-11(18)6-16-10(17)4-14;/h1-3H,4-6,14H2,(H,15,18)(H,16,17);1H. The van der Waals surface area contributed by atoms with Crippen molar-refractivity contribution < 1.29 is 18.4 Å². The second kappa shape index (κ2) is 8.39. The lowest BCUT2D eigenvalue weighted by molar-refractivity contribution is -0.125. The molecule has 1 aromatic carbocycles. The summed E-state index contributed by atoms with van der Waals surface area (Å²) in [6.45, 7) is -0.356. The number of carbonyl (C=O) groups is 2. The van der Waals surface area contributed by atoms with Gasteiger partial charge in [-0.1, -0.05) is 6.07 Å². The van der Waals surface area contributed by atoms with E-state index in [0.29, 0.717) is 5.56 Å². The van der Waals surface area contributed by atoms with Gasteiger partial charge in [-0.3, -0.25) is 9.59 Å². The Labute approximate surface area is 115 Å². The molecule has 8 heteroatoms. The first kappa shape index (κ1) is 17.3. The number of halogens is 3. The minimum atomic E-state index is -0.974. The predicted octanol–water partition coefficient (Wildman–Crippen LogP) is 0.0777. The average molecular weight is 294 g/mol. The molecule has 5 nitrogen and oxygen atoms in total. The molecule has 2 amide bonds. The molecule has 1 aromatic rings. The van der Waals surface area contributed by atoms with E-state index in [1.54, 1.807) is 0 Å². The molecule has 0 bridgehead atoms. The van der Waals surface area contributed by atoms with E-state index in [9.17, 15) is 18.4 Å². The number of benzene rings is 1. The summed E-state index contributed by atoms with van der Waals surface area (Å²) >= 11 is 0. The van der Waals surface area contributed by atoms with Gasteiger partial charge in [-0.05, 0) is 17.7 Å². The molecule has 0 aliphatic heterocycles. The van der Waals surface area contributed by atoms with Crippen LogP contribution < -0.4 is 16.4 Å². The van der Waals surface area contributed by atoms with Gasteiger partial charge in [0, 0.05) is 6.54 Å². The highest BCUT2D eigenvalue weighted by molar-refractivity contribution is 5.85. The van der Waals surface area contributed by atoms with Crippen LogP contribution in [0.25, 0.3) is 0 Å². The maximum atomic E-state index is 12.8. The third-order valence-electron chi connectivity index (χ3n) is 2.11. The number of carbonyl (C=O) groups excluding carboxylic acids is 2. The van der Waals surface area contributed by atoms with Gasteiger partial charge in [0.05, 0.1) is 13.1 Å². The molecule has 0 aliphatic carbocycles. The fourth-order valence-electron chi connectivity index (χ4n) is 1.16. The first-order valence-electron chi connectivity index (χ1n) is 5.20. The first-order valence-corrected chi connectivity index (χ1v) is 5.20. The van der Waals surface area contributed by atoms with Crippen molar-refractivity contribution in [2.75, 3.05) is 13.1 Å². The average Bonchev–Trinajstić information content (AvgIpc) is 2.37. The fourth-order valence-corrected chi connectivity index (χ4v) is 1.16. The van der Waals surface area contributed by atoms with Gasteiger partial charge in [0.1, 0.15) is 0 Å². The summed E-state index contributed by atoms with van der Waals surface area (Å²) in [5.41, 5.74) is 5.46. The summed E-state index contributed by atoms with van der Waals surface area (Å²) in [5.74, 6) is -2.81. The molecule has 0 saturated heterocycles. The summed E-state index contributed by atoms with van der Waals surface area (Å²) in [4.78, 5) is 22.0. The summed E-state index contributed by atoms with van der Waals surface area (Å²) in [6, 6.07) is 3.33. The van der Waals surface area contributed by atoms with Crippen LogP contribution in [0.2, 0.25) is 0 Å². The van der Waals surface area contributed by atoms with Crippen LogP contribution in [0, 0.1) is 11.6 Å². The Morgan fingerprint density at radius 2 is 1.79 bits per heavy atom. The zero-order valence-electron chi connectivity index (χ0n) is 9.91. The van der Waals surface area contributed by atoms with Crippen LogP contribution >= 0.6 is 12.4 Å². The maximum Gasteiger partial charge on any atom is 0.239 e. The minimum absolute atomic E-state index is 0. The van der Waals surface area contributed by atoms with Crippen LogP contribution in [-0.2, 0) is 16.1 Å². The van der Waals surface area contributed by atoms with Crippen molar-refractivity contribution in [3.63, 3.8) is 0 Å². The van der Waals surface area contributed by atoms with E-state index >= 15 is 0 Å². The minimum Gasteiger partial charge on any atom is -0.350 e. The fraction of sp³-hybridized carbons (Fsp3) is 0.273. The van der Waals surface area contributed by atoms with Crippen LogP contribution in [0.3, 0.4) is 0 Å². The van der Waals surface area contributed by atoms with E-state index in [1.165, 1.54) is 6.07 Å². The molecule has 4 N–H and O–H groups in total. The van der Waals surface area contributed by atoms with E-state index in [4.69, 9.17) is 5.73 Å².